The van der Waals surface area contributed by atoms with Gasteiger partial charge in [0.25, 0.3) is 5.91 Å². The zero-order valence-corrected chi connectivity index (χ0v) is 15.3. The molecule has 1 aromatic rings. The molecule has 1 N–H and O–H groups in total. The van der Waals surface area contributed by atoms with Crippen LogP contribution in [0, 0.1) is 5.92 Å². The van der Waals surface area contributed by atoms with E-state index in [0.717, 1.165) is 18.9 Å². The van der Waals surface area contributed by atoms with Gasteiger partial charge < -0.3 is 19.7 Å². The van der Waals surface area contributed by atoms with E-state index < -0.39 is 11.9 Å². The van der Waals surface area contributed by atoms with E-state index in [9.17, 15) is 14.4 Å². The number of carbonyl (C=O) groups excluding carboxylic acids is 3. The Kier molecular flexibility index (Phi) is 6.77. The minimum Gasteiger partial charge on any atom is -0.466 e. The molecule has 0 unspecified atom stereocenters. The van der Waals surface area contributed by atoms with Gasteiger partial charge in [0.15, 0.2) is 0 Å². The van der Waals surface area contributed by atoms with Gasteiger partial charge in [0.05, 0.1) is 31.5 Å². The summed E-state index contributed by atoms with van der Waals surface area (Å²) in [5.41, 5.74) is 0.755. The number of methoxy groups -OCH3 is 2. The second kappa shape index (κ2) is 9.03. The molecule has 140 valence electrons. The first-order valence-corrected chi connectivity index (χ1v) is 8.49. The molecule has 1 saturated heterocycles. The molecule has 1 amide bonds. The van der Waals surface area contributed by atoms with Crippen LogP contribution in [0.15, 0.2) is 36.0 Å². The molecular weight excluding hydrogens is 336 g/mol. The molecule has 0 spiro atoms. The summed E-state index contributed by atoms with van der Waals surface area (Å²) < 4.78 is 9.24. The van der Waals surface area contributed by atoms with E-state index >= 15 is 0 Å². The zero-order valence-electron chi connectivity index (χ0n) is 15.3. The number of hydrogen-bond acceptors (Lipinski definition) is 6. The van der Waals surface area contributed by atoms with Gasteiger partial charge in [0, 0.05) is 13.1 Å². The predicted octanol–water partition coefficient (Wildman–Crippen LogP) is 2.20. The molecule has 0 atom stereocenters. The van der Waals surface area contributed by atoms with Crippen LogP contribution in [0.25, 0.3) is 0 Å². The third-order valence-corrected chi connectivity index (χ3v) is 4.37. The summed E-state index contributed by atoms with van der Waals surface area (Å²) in [5.74, 6) is -0.931. The zero-order chi connectivity index (χ0) is 19.1. The van der Waals surface area contributed by atoms with E-state index in [2.05, 4.69) is 21.7 Å². The third-order valence-electron chi connectivity index (χ3n) is 4.37. The van der Waals surface area contributed by atoms with E-state index in [1.807, 2.05) is 4.90 Å². The second-order valence-corrected chi connectivity index (χ2v) is 6.22. The first-order valence-electron chi connectivity index (χ1n) is 8.49. The number of esters is 2. The molecular formula is C19H24N2O5. The number of para-hydroxylation sites is 1. The van der Waals surface area contributed by atoms with Crippen molar-refractivity contribution in [3.05, 3.63) is 41.6 Å². The summed E-state index contributed by atoms with van der Waals surface area (Å²) in [6.45, 7) is 3.59. The topological polar surface area (TPSA) is 84.9 Å². The fourth-order valence-electron chi connectivity index (χ4n) is 2.74. The lowest BCUT2D eigenvalue weighted by atomic mass is 9.98. The number of nitrogens with zero attached hydrogens (tertiary/aromatic N) is 1. The van der Waals surface area contributed by atoms with Gasteiger partial charge >= 0.3 is 11.9 Å². The summed E-state index contributed by atoms with van der Waals surface area (Å²) in [4.78, 5) is 38.1. The van der Waals surface area contributed by atoms with Crippen molar-refractivity contribution in [1.29, 1.82) is 0 Å². The number of anilines is 1. The number of amides is 1. The largest absolute Gasteiger partial charge is 0.466 e. The summed E-state index contributed by atoms with van der Waals surface area (Å²) in [6.07, 6.45) is 2.93. The van der Waals surface area contributed by atoms with E-state index in [1.54, 1.807) is 24.3 Å². The fraction of sp³-hybridized carbons (Fsp3) is 0.421. The van der Waals surface area contributed by atoms with Crippen molar-refractivity contribution in [3.8, 4) is 0 Å². The molecule has 0 aliphatic carbocycles. The number of benzene rings is 1. The van der Waals surface area contributed by atoms with Crippen LogP contribution in [0.4, 0.5) is 5.69 Å². The van der Waals surface area contributed by atoms with Gasteiger partial charge in [-0.05, 0) is 30.9 Å². The van der Waals surface area contributed by atoms with Crippen molar-refractivity contribution in [1.82, 2.24) is 4.90 Å². The smallest absolute Gasteiger partial charge is 0.354 e. The molecule has 26 heavy (non-hydrogen) atoms. The van der Waals surface area contributed by atoms with Gasteiger partial charge in [0.1, 0.15) is 5.70 Å². The first kappa shape index (κ1) is 19.5. The Morgan fingerprint density at radius 3 is 2.38 bits per heavy atom. The summed E-state index contributed by atoms with van der Waals surface area (Å²) >= 11 is 0. The standard InChI is InChI=1S/C19H24N2O5/c1-13-8-10-21(11-9-13)18(23)14-6-4-5-7-15(14)20-16(19(24)26-3)12-17(22)25-2/h4-7,12-13,20H,8-11H2,1-3H3/b16-12+. The van der Waals surface area contributed by atoms with Crippen LogP contribution in [-0.4, -0.2) is 50.1 Å². The highest BCUT2D eigenvalue weighted by Gasteiger charge is 2.24. The lowest BCUT2D eigenvalue weighted by Crippen LogP contribution is -2.38. The molecule has 0 radical (unpaired) electrons. The van der Waals surface area contributed by atoms with Crippen LogP contribution in [0.2, 0.25) is 0 Å². The van der Waals surface area contributed by atoms with Crippen LogP contribution in [0.3, 0.4) is 0 Å². The van der Waals surface area contributed by atoms with Gasteiger partial charge in [-0.25, -0.2) is 9.59 Å². The highest BCUT2D eigenvalue weighted by molar-refractivity contribution is 6.03. The minimum atomic E-state index is -0.732. The maximum Gasteiger partial charge on any atom is 0.354 e. The van der Waals surface area contributed by atoms with Gasteiger partial charge in [-0.1, -0.05) is 19.1 Å². The van der Waals surface area contributed by atoms with Crippen LogP contribution in [0.1, 0.15) is 30.1 Å². The molecule has 2 rings (SSSR count). The molecule has 1 aliphatic heterocycles. The lowest BCUT2D eigenvalue weighted by Gasteiger charge is -2.31. The summed E-state index contributed by atoms with van der Waals surface area (Å²) in [6, 6.07) is 6.86. The van der Waals surface area contributed by atoms with Crippen molar-refractivity contribution < 1.29 is 23.9 Å². The highest BCUT2D eigenvalue weighted by atomic mass is 16.5. The molecule has 7 nitrogen and oxygen atoms in total. The molecule has 1 aliphatic rings. The molecule has 1 heterocycles. The lowest BCUT2D eigenvalue weighted by molar-refractivity contribution is -0.138. The average molecular weight is 360 g/mol. The monoisotopic (exact) mass is 360 g/mol. The number of ether oxygens (including phenoxy) is 2. The number of likely N-dealkylation sites (tertiary alicyclic amines) is 1. The molecule has 0 bridgehead atoms. The van der Waals surface area contributed by atoms with Gasteiger partial charge in [-0.3, -0.25) is 4.79 Å². The van der Waals surface area contributed by atoms with Crippen molar-refractivity contribution in [3.63, 3.8) is 0 Å². The number of hydrogen-bond donors (Lipinski definition) is 1. The van der Waals surface area contributed by atoms with E-state index in [1.165, 1.54) is 14.2 Å². The SMILES string of the molecule is COC(=O)/C=C(/Nc1ccccc1C(=O)N1CCC(C)CC1)C(=O)OC. The van der Waals surface area contributed by atoms with Crippen molar-refractivity contribution in [2.75, 3.05) is 32.6 Å². The Labute approximate surface area is 153 Å². The van der Waals surface area contributed by atoms with Crippen LogP contribution >= 0.6 is 0 Å². The quantitative estimate of drug-likeness (QED) is 0.640. The predicted molar refractivity (Wildman–Crippen MR) is 96.5 cm³/mol. The number of nitrogens with one attached hydrogen (secondary N) is 1. The van der Waals surface area contributed by atoms with E-state index in [0.29, 0.717) is 30.3 Å². The Bertz CT molecular complexity index is 706. The molecule has 7 heteroatoms. The molecule has 1 fully saturated rings. The molecule has 0 aromatic heterocycles. The Balaban J connectivity index is 2.27. The summed E-state index contributed by atoms with van der Waals surface area (Å²) in [7, 11) is 2.42. The second-order valence-electron chi connectivity index (χ2n) is 6.22. The van der Waals surface area contributed by atoms with Crippen molar-refractivity contribution in [2.24, 2.45) is 5.92 Å². The Morgan fingerprint density at radius 1 is 1.12 bits per heavy atom. The Hall–Kier alpha value is -2.83. The maximum absolute atomic E-state index is 12.9. The maximum atomic E-state index is 12.9. The Morgan fingerprint density at radius 2 is 1.77 bits per heavy atom. The van der Waals surface area contributed by atoms with Crippen molar-refractivity contribution >= 4 is 23.5 Å². The van der Waals surface area contributed by atoms with Crippen LogP contribution in [0.5, 0.6) is 0 Å². The molecule has 1 aromatic carbocycles. The van der Waals surface area contributed by atoms with Crippen LogP contribution < -0.4 is 5.32 Å². The van der Waals surface area contributed by atoms with E-state index in [-0.39, 0.29) is 11.6 Å². The number of carbonyl (C=O) groups is 3. The third kappa shape index (κ3) is 4.84. The molecule has 0 saturated carbocycles. The number of piperidine rings is 1. The van der Waals surface area contributed by atoms with Gasteiger partial charge in [-0.15, -0.1) is 0 Å². The van der Waals surface area contributed by atoms with Gasteiger partial charge in [-0.2, -0.15) is 0 Å². The average Bonchev–Trinajstić information content (AvgIpc) is 2.67. The van der Waals surface area contributed by atoms with E-state index in [4.69, 9.17) is 0 Å². The van der Waals surface area contributed by atoms with Crippen LogP contribution in [-0.2, 0) is 19.1 Å². The minimum absolute atomic E-state index is 0.105. The number of rotatable bonds is 5. The fourth-order valence-corrected chi connectivity index (χ4v) is 2.74. The first-order chi connectivity index (χ1) is 12.5. The van der Waals surface area contributed by atoms with Crippen molar-refractivity contribution in [2.45, 2.75) is 19.8 Å². The van der Waals surface area contributed by atoms with Gasteiger partial charge in [0.2, 0.25) is 0 Å². The normalized spacial score (nSPS) is 15.3. The summed E-state index contributed by atoms with van der Waals surface area (Å²) in [5, 5.41) is 2.83. The highest BCUT2D eigenvalue weighted by Crippen LogP contribution is 2.23.